The molecule has 0 aliphatic rings. The maximum atomic E-state index is 12.2. The van der Waals surface area contributed by atoms with Gasteiger partial charge in [-0.2, -0.15) is 18.3 Å². The number of nitrogens with zero attached hydrogens (tertiary/aromatic N) is 2. The summed E-state index contributed by atoms with van der Waals surface area (Å²) in [5.41, 5.74) is -0.291. The van der Waals surface area contributed by atoms with E-state index in [9.17, 15) is 13.2 Å². The highest BCUT2D eigenvalue weighted by molar-refractivity contribution is 5.12. The highest BCUT2D eigenvalue weighted by Crippen LogP contribution is 2.29. The Bertz CT molecular complexity index is 300. The van der Waals surface area contributed by atoms with Crippen molar-refractivity contribution < 1.29 is 13.2 Å². The minimum absolute atomic E-state index is 0.0453. The Labute approximate surface area is 88.1 Å². The first-order valence-electron chi connectivity index (χ1n) is 4.95. The first-order chi connectivity index (χ1) is 6.82. The van der Waals surface area contributed by atoms with Gasteiger partial charge in [-0.1, -0.05) is 13.8 Å². The molecule has 0 N–H and O–H groups in total. The van der Waals surface area contributed by atoms with Crippen molar-refractivity contribution in [2.45, 2.75) is 46.8 Å². The van der Waals surface area contributed by atoms with E-state index < -0.39 is 11.9 Å². The normalized spacial score (nSPS) is 11.3. The Kier molecular flexibility index (Phi) is 4.84. The first kappa shape index (κ1) is 14.0. The monoisotopic (exact) mass is 222 g/mol. The molecule has 0 saturated heterocycles. The largest absolute Gasteiger partial charge is 0.435 e. The van der Waals surface area contributed by atoms with Gasteiger partial charge >= 0.3 is 6.18 Å². The van der Waals surface area contributed by atoms with Crippen LogP contribution in [0, 0.1) is 6.92 Å². The van der Waals surface area contributed by atoms with E-state index in [1.54, 1.807) is 20.8 Å². The van der Waals surface area contributed by atoms with Gasteiger partial charge in [0.25, 0.3) is 0 Å². The number of aryl methyl sites for hydroxylation is 1. The quantitative estimate of drug-likeness (QED) is 0.706. The Hall–Kier alpha value is -1.00. The number of alkyl halides is 3. The Morgan fingerprint density at radius 3 is 1.93 bits per heavy atom. The Balaban J connectivity index is 0.000000921. The highest BCUT2D eigenvalue weighted by Gasteiger charge is 2.34. The molecule has 0 bridgehead atoms. The maximum absolute atomic E-state index is 12.2. The molecule has 88 valence electrons. The van der Waals surface area contributed by atoms with E-state index in [0.29, 0.717) is 5.69 Å². The molecule has 0 atom stereocenters. The molecule has 1 rings (SSSR count). The summed E-state index contributed by atoms with van der Waals surface area (Å²) >= 11 is 0. The molecule has 0 amide bonds. The number of halogens is 3. The summed E-state index contributed by atoms with van der Waals surface area (Å²) in [7, 11) is 0. The molecule has 0 aliphatic heterocycles. The molecule has 0 aliphatic carbocycles. The lowest BCUT2D eigenvalue weighted by Crippen LogP contribution is -2.09. The van der Waals surface area contributed by atoms with E-state index >= 15 is 0 Å². The minimum Gasteiger partial charge on any atom is -0.267 e. The average Bonchev–Trinajstić information content (AvgIpc) is 2.50. The molecule has 0 fully saturated rings. The molecule has 0 unspecified atom stereocenters. The predicted octanol–water partition coefficient (Wildman–Crippen LogP) is 3.82. The van der Waals surface area contributed by atoms with Crippen molar-refractivity contribution in [2.75, 3.05) is 0 Å². The zero-order chi connectivity index (χ0) is 12.2. The van der Waals surface area contributed by atoms with Gasteiger partial charge in [0.1, 0.15) is 0 Å². The molecular weight excluding hydrogens is 205 g/mol. The third-order valence-corrected chi connectivity index (χ3v) is 1.70. The second-order valence-corrected chi connectivity index (χ2v) is 3.21. The number of aromatic nitrogens is 2. The van der Waals surface area contributed by atoms with Gasteiger partial charge in [-0.3, -0.25) is 4.68 Å². The van der Waals surface area contributed by atoms with E-state index in [-0.39, 0.29) is 6.04 Å². The van der Waals surface area contributed by atoms with Crippen LogP contribution in [0.25, 0.3) is 0 Å². The third kappa shape index (κ3) is 3.57. The van der Waals surface area contributed by atoms with E-state index in [0.717, 1.165) is 6.07 Å². The van der Waals surface area contributed by atoms with Crippen LogP contribution in [0.1, 0.15) is 45.1 Å². The van der Waals surface area contributed by atoms with Gasteiger partial charge in [0, 0.05) is 11.7 Å². The molecule has 1 aromatic rings. The summed E-state index contributed by atoms with van der Waals surface area (Å²) in [5, 5.41) is 3.47. The van der Waals surface area contributed by atoms with E-state index in [1.807, 2.05) is 13.8 Å². The summed E-state index contributed by atoms with van der Waals surface area (Å²) in [5.74, 6) is 0. The van der Waals surface area contributed by atoms with Gasteiger partial charge in [0.05, 0.1) is 0 Å². The van der Waals surface area contributed by atoms with E-state index in [4.69, 9.17) is 0 Å². The molecule has 5 heteroatoms. The topological polar surface area (TPSA) is 17.8 Å². The minimum atomic E-state index is -4.34. The summed E-state index contributed by atoms with van der Waals surface area (Å²) in [6.07, 6.45) is -4.34. The van der Waals surface area contributed by atoms with Crippen molar-refractivity contribution in [1.29, 1.82) is 0 Å². The Morgan fingerprint density at radius 2 is 1.73 bits per heavy atom. The van der Waals surface area contributed by atoms with Gasteiger partial charge in [0.15, 0.2) is 5.69 Å². The first-order valence-corrected chi connectivity index (χ1v) is 4.95. The van der Waals surface area contributed by atoms with E-state index in [1.165, 1.54) is 4.68 Å². The van der Waals surface area contributed by atoms with Crippen molar-refractivity contribution >= 4 is 0 Å². The van der Waals surface area contributed by atoms with Gasteiger partial charge in [0.2, 0.25) is 0 Å². The second-order valence-electron chi connectivity index (χ2n) is 3.21. The Morgan fingerprint density at radius 1 is 1.27 bits per heavy atom. The van der Waals surface area contributed by atoms with Crippen LogP contribution in [0.2, 0.25) is 0 Å². The smallest absolute Gasteiger partial charge is 0.267 e. The molecule has 0 saturated carbocycles. The van der Waals surface area contributed by atoms with Crippen LogP contribution >= 0.6 is 0 Å². The van der Waals surface area contributed by atoms with Crippen molar-refractivity contribution in [3.8, 4) is 0 Å². The molecule has 1 heterocycles. The highest BCUT2D eigenvalue weighted by atomic mass is 19.4. The molecule has 0 aromatic carbocycles. The fourth-order valence-electron chi connectivity index (χ4n) is 1.15. The molecule has 2 nitrogen and oxygen atoms in total. The standard InChI is InChI=1S/C8H11F3N2.C2H6/c1-5(2)13-6(3)4-7(12-13)8(9,10)11;1-2/h4-5H,1-3H3;1-2H3. The van der Waals surface area contributed by atoms with Crippen molar-refractivity contribution in [3.63, 3.8) is 0 Å². The van der Waals surface area contributed by atoms with Crippen LogP contribution in [0.15, 0.2) is 6.07 Å². The molecule has 0 spiro atoms. The maximum Gasteiger partial charge on any atom is 0.435 e. The van der Waals surface area contributed by atoms with Gasteiger partial charge < -0.3 is 0 Å². The third-order valence-electron chi connectivity index (χ3n) is 1.70. The van der Waals surface area contributed by atoms with Crippen LogP contribution < -0.4 is 0 Å². The molecular formula is C10H17F3N2. The lowest BCUT2D eigenvalue weighted by Gasteiger charge is -2.07. The van der Waals surface area contributed by atoms with Crippen molar-refractivity contribution in [3.05, 3.63) is 17.5 Å². The van der Waals surface area contributed by atoms with Gasteiger partial charge in [-0.25, -0.2) is 0 Å². The number of hydrogen-bond donors (Lipinski definition) is 0. The van der Waals surface area contributed by atoms with Crippen molar-refractivity contribution in [1.82, 2.24) is 9.78 Å². The zero-order valence-corrected chi connectivity index (χ0v) is 9.68. The summed E-state index contributed by atoms with van der Waals surface area (Å²) in [4.78, 5) is 0. The molecule has 0 radical (unpaired) electrons. The molecule has 15 heavy (non-hydrogen) atoms. The average molecular weight is 222 g/mol. The fourth-order valence-corrected chi connectivity index (χ4v) is 1.15. The lowest BCUT2D eigenvalue weighted by atomic mass is 10.3. The van der Waals surface area contributed by atoms with Crippen LogP contribution in [-0.2, 0) is 6.18 Å². The fraction of sp³-hybridized carbons (Fsp3) is 0.700. The number of rotatable bonds is 1. The zero-order valence-electron chi connectivity index (χ0n) is 9.68. The van der Waals surface area contributed by atoms with Gasteiger partial charge in [-0.15, -0.1) is 0 Å². The van der Waals surface area contributed by atoms with Crippen LogP contribution in [0.4, 0.5) is 13.2 Å². The lowest BCUT2D eigenvalue weighted by molar-refractivity contribution is -0.141. The summed E-state index contributed by atoms with van der Waals surface area (Å²) in [6.45, 7) is 9.20. The molecule has 1 aromatic heterocycles. The number of hydrogen-bond acceptors (Lipinski definition) is 1. The van der Waals surface area contributed by atoms with Crippen LogP contribution in [0.3, 0.4) is 0 Å². The van der Waals surface area contributed by atoms with Crippen molar-refractivity contribution in [2.24, 2.45) is 0 Å². The SMILES string of the molecule is CC.Cc1cc(C(F)(F)F)nn1C(C)C. The van der Waals surface area contributed by atoms with E-state index in [2.05, 4.69) is 5.10 Å². The van der Waals surface area contributed by atoms with Crippen LogP contribution in [0.5, 0.6) is 0 Å². The summed E-state index contributed by atoms with van der Waals surface area (Å²) in [6, 6.07) is 1.01. The van der Waals surface area contributed by atoms with Gasteiger partial charge in [-0.05, 0) is 26.8 Å². The van der Waals surface area contributed by atoms with Crippen LogP contribution in [-0.4, -0.2) is 9.78 Å². The predicted molar refractivity (Wildman–Crippen MR) is 53.7 cm³/mol. The summed E-state index contributed by atoms with van der Waals surface area (Å²) < 4.78 is 37.9. The second kappa shape index (κ2) is 5.19.